The van der Waals surface area contributed by atoms with Crippen molar-refractivity contribution in [3.8, 4) is 5.69 Å². The molecule has 3 rings (SSSR count). The number of hydrogen-bond acceptors (Lipinski definition) is 3. The Morgan fingerprint density at radius 2 is 2.00 bits per heavy atom. The van der Waals surface area contributed by atoms with Crippen molar-refractivity contribution in [2.75, 3.05) is 11.9 Å². The minimum atomic E-state index is -0.144. The molecule has 1 saturated heterocycles. The molecule has 1 aromatic heterocycles. The monoisotopic (exact) mass is 298 g/mol. The standard InChI is InChI=1S/C17H22N4O/c1-12(2)20-10-9-15(17(20)22)19-16-11-18-21(13(16)3)14-7-5-4-6-8-14/h4-8,11-12,15,19H,9-10H2,1-3H3/t15-/m0/s1. The Kier molecular flexibility index (Phi) is 3.88. The van der Waals surface area contributed by atoms with Gasteiger partial charge in [-0.3, -0.25) is 4.79 Å². The molecule has 2 heterocycles. The molecule has 0 bridgehead atoms. The molecule has 116 valence electrons. The first-order valence-electron chi connectivity index (χ1n) is 7.75. The maximum atomic E-state index is 12.4. The zero-order valence-electron chi connectivity index (χ0n) is 13.3. The summed E-state index contributed by atoms with van der Waals surface area (Å²) in [7, 11) is 0. The first-order chi connectivity index (χ1) is 10.6. The minimum Gasteiger partial charge on any atom is -0.371 e. The third-order valence-corrected chi connectivity index (χ3v) is 4.20. The van der Waals surface area contributed by atoms with Gasteiger partial charge in [-0.1, -0.05) is 18.2 Å². The minimum absolute atomic E-state index is 0.144. The number of likely N-dealkylation sites (tertiary alicyclic amines) is 1. The fourth-order valence-electron chi connectivity index (χ4n) is 2.92. The van der Waals surface area contributed by atoms with E-state index in [1.165, 1.54) is 0 Å². The topological polar surface area (TPSA) is 50.2 Å². The van der Waals surface area contributed by atoms with Crippen LogP contribution < -0.4 is 5.32 Å². The van der Waals surface area contributed by atoms with Gasteiger partial charge in [0.1, 0.15) is 6.04 Å². The van der Waals surface area contributed by atoms with Gasteiger partial charge in [0.05, 0.1) is 23.3 Å². The molecule has 1 atom stereocenters. The number of hydrogen-bond donors (Lipinski definition) is 1. The molecule has 1 aromatic carbocycles. The number of carbonyl (C=O) groups is 1. The lowest BCUT2D eigenvalue weighted by molar-refractivity contribution is -0.129. The van der Waals surface area contributed by atoms with Crippen LogP contribution >= 0.6 is 0 Å². The normalized spacial score (nSPS) is 18.3. The predicted octanol–water partition coefficient (Wildman–Crippen LogP) is 2.60. The molecule has 0 spiro atoms. The molecule has 1 fully saturated rings. The Hall–Kier alpha value is -2.30. The molecule has 0 unspecified atom stereocenters. The first kappa shape index (κ1) is 14.6. The number of nitrogens with zero attached hydrogens (tertiary/aromatic N) is 3. The van der Waals surface area contributed by atoms with Crippen LogP contribution in [0.3, 0.4) is 0 Å². The highest BCUT2D eigenvalue weighted by molar-refractivity contribution is 5.87. The molecular formula is C17H22N4O. The average molecular weight is 298 g/mol. The van der Waals surface area contributed by atoms with E-state index >= 15 is 0 Å². The van der Waals surface area contributed by atoms with Crippen molar-refractivity contribution >= 4 is 11.6 Å². The number of rotatable bonds is 4. The second-order valence-corrected chi connectivity index (χ2v) is 6.00. The van der Waals surface area contributed by atoms with E-state index in [1.807, 2.05) is 46.8 Å². The number of carbonyl (C=O) groups excluding carboxylic acids is 1. The summed E-state index contributed by atoms with van der Waals surface area (Å²) >= 11 is 0. The highest BCUT2D eigenvalue weighted by Crippen LogP contribution is 2.23. The molecule has 0 saturated carbocycles. The Labute approximate surface area is 130 Å². The van der Waals surface area contributed by atoms with E-state index in [-0.39, 0.29) is 18.0 Å². The Morgan fingerprint density at radius 1 is 1.27 bits per heavy atom. The maximum Gasteiger partial charge on any atom is 0.245 e. The molecular weight excluding hydrogens is 276 g/mol. The summed E-state index contributed by atoms with van der Waals surface area (Å²) in [5.41, 5.74) is 2.96. The number of amides is 1. The van der Waals surface area contributed by atoms with Crippen LogP contribution in [-0.4, -0.2) is 39.2 Å². The van der Waals surface area contributed by atoms with E-state index in [9.17, 15) is 4.79 Å². The van der Waals surface area contributed by atoms with Crippen LogP contribution in [0, 0.1) is 6.92 Å². The van der Waals surface area contributed by atoms with Crippen molar-refractivity contribution in [3.63, 3.8) is 0 Å². The van der Waals surface area contributed by atoms with Gasteiger partial charge in [-0.15, -0.1) is 0 Å². The summed E-state index contributed by atoms with van der Waals surface area (Å²) in [5, 5.41) is 7.80. The summed E-state index contributed by atoms with van der Waals surface area (Å²) in [5.74, 6) is 0.182. The van der Waals surface area contributed by atoms with Gasteiger partial charge >= 0.3 is 0 Å². The number of benzene rings is 1. The highest BCUT2D eigenvalue weighted by Gasteiger charge is 2.33. The lowest BCUT2D eigenvalue weighted by Crippen LogP contribution is -2.37. The van der Waals surface area contributed by atoms with Gasteiger partial charge in [-0.05, 0) is 39.3 Å². The molecule has 1 aliphatic heterocycles. The maximum absolute atomic E-state index is 12.4. The van der Waals surface area contributed by atoms with Crippen molar-refractivity contribution in [2.24, 2.45) is 0 Å². The molecule has 22 heavy (non-hydrogen) atoms. The van der Waals surface area contributed by atoms with Crippen molar-refractivity contribution < 1.29 is 4.79 Å². The lowest BCUT2D eigenvalue weighted by Gasteiger charge is -2.21. The molecule has 1 aliphatic rings. The van der Waals surface area contributed by atoms with Crippen molar-refractivity contribution in [1.82, 2.24) is 14.7 Å². The molecule has 1 amide bonds. The van der Waals surface area contributed by atoms with Gasteiger partial charge in [0.25, 0.3) is 0 Å². The molecule has 0 aliphatic carbocycles. The van der Waals surface area contributed by atoms with Crippen LogP contribution in [0.1, 0.15) is 26.0 Å². The smallest absolute Gasteiger partial charge is 0.245 e. The highest BCUT2D eigenvalue weighted by atomic mass is 16.2. The lowest BCUT2D eigenvalue weighted by atomic mass is 10.2. The molecule has 0 radical (unpaired) electrons. The molecule has 1 N–H and O–H groups in total. The summed E-state index contributed by atoms with van der Waals surface area (Å²) in [4.78, 5) is 14.3. The van der Waals surface area contributed by atoms with Gasteiger partial charge in [-0.25, -0.2) is 4.68 Å². The second-order valence-electron chi connectivity index (χ2n) is 6.00. The van der Waals surface area contributed by atoms with Gasteiger partial charge in [-0.2, -0.15) is 5.10 Å². The van der Waals surface area contributed by atoms with E-state index in [4.69, 9.17) is 0 Å². The van der Waals surface area contributed by atoms with Crippen LogP contribution in [0.15, 0.2) is 36.5 Å². The van der Waals surface area contributed by atoms with Gasteiger partial charge in [0.15, 0.2) is 0 Å². The van der Waals surface area contributed by atoms with Crippen LogP contribution in [-0.2, 0) is 4.79 Å². The SMILES string of the molecule is Cc1c(N[C@H]2CCN(C(C)C)C2=O)cnn1-c1ccccc1. The van der Waals surface area contributed by atoms with Gasteiger partial charge in [0, 0.05) is 12.6 Å². The fraction of sp³-hybridized carbons (Fsp3) is 0.412. The van der Waals surface area contributed by atoms with Gasteiger partial charge < -0.3 is 10.2 Å². The van der Waals surface area contributed by atoms with E-state index < -0.39 is 0 Å². The number of aromatic nitrogens is 2. The third kappa shape index (κ3) is 2.58. The third-order valence-electron chi connectivity index (χ3n) is 4.20. The van der Waals surface area contributed by atoms with Crippen LogP contribution in [0.2, 0.25) is 0 Å². The van der Waals surface area contributed by atoms with Crippen molar-refractivity contribution in [1.29, 1.82) is 0 Å². The van der Waals surface area contributed by atoms with Gasteiger partial charge in [0.2, 0.25) is 5.91 Å². The quantitative estimate of drug-likeness (QED) is 0.944. The van der Waals surface area contributed by atoms with E-state index in [0.29, 0.717) is 0 Å². The molecule has 5 nitrogen and oxygen atoms in total. The van der Waals surface area contributed by atoms with Crippen molar-refractivity contribution in [3.05, 3.63) is 42.2 Å². The van der Waals surface area contributed by atoms with E-state index in [1.54, 1.807) is 6.20 Å². The zero-order chi connectivity index (χ0) is 15.7. The number of nitrogens with one attached hydrogen (secondary N) is 1. The summed E-state index contributed by atoms with van der Waals surface area (Å²) in [6, 6.07) is 10.1. The Morgan fingerprint density at radius 3 is 2.64 bits per heavy atom. The van der Waals surface area contributed by atoms with Crippen LogP contribution in [0.5, 0.6) is 0 Å². The first-order valence-corrected chi connectivity index (χ1v) is 7.75. The van der Waals surface area contributed by atoms with Crippen molar-refractivity contribution in [2.45, 2.75) is 39.3 Å². The largest absolute Gasteiger partial charge is 0.371 e. The Balaban J connectivity index is 1.78. The second kappa shape index (κ2) is 5.83. The number of anilines is 1. The predicted molar refractivity (Wildman–Crippen MR) is 87.2 cm³/mol. The van der Waals surface area contributed by atoms with Crippen LogP contribution in [0.25, 0.3) is 5.69 Å². The summed E-state index contributed by atoms with van der Waals surface area (Å²) in [6.07, 6.45) is 2.64. The Bertz CT molecular complexity index is 663. The fourth-order valence-corrected chi connectivity index (χ4v) is 2.92. The van der Waals surface area contributed by atoms with E-state index in [2.05, 4.69) is 24.3 Å². The summed E-state index contributed by atoms with van der Waals surface area (Å²) < 4.78 is 1.89. The van der Waals surface area contributed by atoms with E-state index in [0.717, 1.165) is 30.0 Å². The number of para-hydroxylation sites is 1. The zero-order valence-corrected chi connectivity index (χ0v) is 13.3. The average Bonchev–Trinajstić information content (AvgIpc) is 3.05. The molecule has 2 aromatic rings. The molecule has 5 heteroatoms. The summed E-state index contributed by atoms with van der Waals surface area (Å²) in [6.45, 7) is 6.94. The van der Waals surface area contributed by atoms with Crippen LogP contribution in [0.4, 0.5) is 5.69 Å².